The average molecular weight is 413 g/mol. The maximum atomic E-state index is 12.4. The van der Waals surface area contributed by atoms with Crippen molar-refractivity contribution in [1.29, 1.82) is 0 Å². The van der Waals surface area contributed by atoms with E-state index >= 15 is 0 Å². The van der Waals surface area contributed by atoms with Crippen molar-refractivity contribution in [3.63, 3.8) is 0 Å². The third-order valence-corrected chi connectivity index (χ3v) is 4.46. The van der Waals surface area contributed by atoms with Crippen LogP contribution in [0, 0.1) is 0 Å². The predicted molar refractivity (Wildman–Crippen MR) is 111 cm³/mol. The van der Waals surface area contributed by atoms with Gasteiger partial charge in [-0.1, -0.05) is 60.7 Å². The van der Waals surface area contributed by atoms with Crippen LogP contribution in [0.3, 0.4) is 0 Å². The molecule has 0 aromatic heterocycles. The number of rotatable bonds is 11. The van der Waals surface area contributed by atoms with Crippen LogP contribution in [0.2, 0.25) is 0 Å². The number of aryl methyl sites for hydroxylation is 1. The quantitative estimate of drug-likeness (QED) is 0.441. The van der Waals surface area contributed by atoms with Crippen LogP contribution in [-0.4, -0.2) is 41.7 Å². The van der Waals surface area contributed by atoms with Gasteiger partial charge in [-0.05, 0) is 30.4 Å². The van der Waals surface area contributed by atoms with Gasteiger partial charge in [0.2, 0.25) is 11.8 Å². The third kappa shape index (κ3) is 7.92. The molecule has 2 atom stereocenters. The van der Waals surface area contributed by atoms with Crippen LogP contribution >= 0.6 is 0 Å². The Hall–Kier alpha value is -3.39. The van der Waals surface area contributed by atoms with Crippen LogP contribution < -0.4 is 16.4 Å². The highest BCUT2D eigenvalue weighted by Crippen LogP contribution is 2.07. The topological polar surface area (TPSA) is 131 Å². The third-order valence-electron chi connectivity index (χ3n) is 4.46. The van der Waals surface area contributed by atoms with Crippen LogP contribution in [-0.2, 0) is 27.4 Å². The Labute approximate surface area is 175 Å². The highest BCUT2D eigenvalue weighted by molar-refractivity contribution is 5.90. The van der Waals surface area contributed by atoms with Gasteiger partial charge in [-0.2, -0.15) is 0 Å². The van der Waals surface area contributed by atoms with Gasteiger partial charge in [-0.25, -0.2) is 4.79 Å². The molecule has 5 N–H and O–H groups in total. The van der Waals surface area contributed by atoms with Gasteiger partial charge in [-0.15, -0.1) is 0 Å². The van der Waals surface area contributed by atoms with E-state index in [2.05, 4.69) is 10.6 Å². The summed E-state index contributed by atoms with van der Waals surface area (Å²) >= 11 is 0. The molecule has 0 aliphatic heterocycles. The van der Waals surface area contributed by atoms with Crippen molar-refractivity contribution in [2.75, 3.05) is 6.61 Å². The summed E-state index contributed by atoms with van der Waals surface area (Å²) in [7, 11) is 0. The molecule has 0 saturated heterocycles. The number of nitrogens with one attached hydrogen (secondary N) is 2. The lowest BCUT2D eigenvalue weighted by Gasteiger charge is -2.20. The fraction of sp³-hybridized carbons (Fsp3) is 0.318. The molecule has 0 radical (unpaired) electrons. The number of hydrogen-bond acceptors (Lipinski definition) is 5. The zero-order valence-electron chi connectivity index (χ0n) is 16.6. The second-order valence-corrected chi connectivity index (χ2v) is 6.78. The second-order valence-electron chi connectivity index (χ2n) is 6.78. The number of amides is 3. The smallest absolute Gasteiger partial charge is 0.408 e. The van der Waals surface area contributed by atoms with Crippen molar-refractivity contribution in [1.82, 2.24) is 10.6 Å². The van der Waals surface area contributed by atoms with E-state index in [0.29, 0.717) is 12.8 Å². The summed E-state index contributed by atoms with van der Waals surface area (Å²) in [5.41, 5.74) is 7.29. The summed E-state index contributed by atoms with van der Waals surface area (Å²) in [6.45, 7) is -0.627. The Morgan fingerprint density at radius 1 is 0.900 bits per heavy atom. The maximum absolute atomic E-state index is 12.4. The van der Waals surface area contributed by atoms with E-state index in [1.165, 1.54) is 0 Å². The first-order chi connectivity index (χ1) is 14.5. The summed E-state index contributed by atoms with van der Waals surface area (Å²) in [4.78, 5) is 36.0. The van der Waals surface area contributed by atoms with Gasteiger partial charge in [-0.3, -0.25) is 9.59 Å². The van der Waals surface area contributed by atoms with Crippen molar-refractivity contribution in [2.24, 2.45) is 5.73 Å². The molecular weight excluding hydrogens is 386 g/mol. The van der Waals surface area contributed by atoms with Crippen LogP contribution in [0.4, 0.5) is 4.79 Å². The summed E-state index contributed by atoms with van der Waals surface area (Å²) in [6, 6.07) is 16.6. The fourth-order valence-corrected chi connectivity index (χ4v) is 2.81. The Kier molecular flexibility index (Phi) is 9.33. The zero-order chi connectivity index (χ0) is 21.8. The van der Waals surface area contributed by atoms with E-state index in [1.807, 2.05) is 48.5 Å². The van der Waals surface area contributed by atoms with Gasteiger partial charge in [0.1, 0.15) is 18.7 Å². The molecule has 2 aromatic carbocycles. The van der Waals surface area contributed by atoms with Gasteiger partial charge in [0, 0.05) is 0 Å². The molecule has 2 rings (SSSR count). The van der Waals surface area contributed by atoms with Crippen molar-refractivity contribution >= 4 is 17.9 Å². The minimum Gasteiger partial charge on any atom is -0.445 e. The molecule has 0 heterocycles. The number of carbonyl (C=O) groups excluding carboxylic acids is 3. The van der Waals surface area contributed by atoms with Gasteiger partial charge in [0.25, 0.3) is 0 Å². The second kappa shape index (κ2) is 12.2. The predicted octanol–water partition coefficient (Wildman–Crippen LogP) is 1.27. The van der Waals surface area contributed by atoms with Crippen molar-refractivity contribution < 1.29 is 24.2 Å². The molecule has 0 bridgehead atoms. The van der Waals surface area contributed by atoms with Gasteiger partial charge >= 0.3 is 6.09 Å². The van der Waals surface area contributed by atoms with E-state index in [1.54, 1.807) is 12.1 Å². The van der Waals surface area contributed by atoms with Crippen LogP contribution in [0.5, 0.6) is 0 Å². The molecule has 0 spiro atoms. The minimum atomic E-state index is -1.26. The lowest BCUT2D eigenvalue weighted by atomic mass is 10.0. The summed E-state index contributed by atoms with van der Waals surface area (Å²) in [6.07, 6.45) is 0.849. The summed E-state index contributed by atoms with van der Waals surface area (Å²) in [5.74, 6) is -1.39. The van der Waals surface area contributed by atoms with Crippen LogP contribution in [0.15, 0.2) is 60.7 Å². The maximum Gasteiger partial charge on any atom is 0.408 e. The highest BCUT2D eigenvalue weighted by atomic mass is 16.5. The van der Waals surface area contributed by atoms with Crippen molar-refractivity contribution in [3.05, 3.63) is 71.8 Å². The first-order valence-corrected chi connectivity index (χ1v) is 9.71. The molecule has 160 valence electrons. The monoisotopic (exact) mass is 413 g/mol. The lowest BCUT2D eigenvalue weighted by Crippen LogP contribution is -2.54. The number of primary amides is 1. The molecule has 0 aliphatic carbocycles. The number of hydrogen-bond donors (Lipinski definition) is 4. The first kappa shape index (κ1) is 22.9. The average Bonchev–Trinajstić information content (AvgIpc) is 2.76. The van der Waals surface area contributed by atoms with Crippen molar-refractivity contribution in [3.8, 4) is 0 Å². The lowest BCUT2D eigenvalue weighted by molar-refractivity contribution is -0.129. The molecule has 8 heteroatoms. The number of aliphatic hydroxyl groups excluding tert-OH is 1. The van der Waals surface area contributed by atoms with E-state index in [4.69, 9.17) is 10.5 Å². The van der Waals surface area contributed by atoms with Crippen LogP contribution in [0.25, 0.3) is 0 Å². The first-order valence-electron chi connectivity index (χ1n) is 9.71. The molecule has 0 saturated carbocycles. The zero-order valence-corrected chi connectivity index (χ0v) is 16.6. The normalized spacial score (nSPS) is 12.4. The van der Waals surface area contributed by atoms with Crippen LogP contribution in [0.1, 0.15) is 24.0 Å². The number of carbonyl (C=O) groups is 3. The van der Waals surface area contributed by atoms with E-state index < -0.39 is 36.6 Å². The Bertz CT molecular complexity index is 814. The highest BCUT2D eigenvalue weighted by Gasteiger charge is 2.25. The van der Waals surface area contributed by atoms with E-state index in [-0.39, 0.29) is 6.61 Å². The Balaban J connectivity index is 1.81. The molecule has 2 aromatic rings. The number of benzene rings is 2. The SMILES string of the molecule is NC(=O)[C@H](CCCc1ccccc1)NC(=O)[C@H](CO)NC(=O)OCc1ccccc1. The standard InChI is InChI=1S/C22H27N3O5/c23-20(27)18(13-7-12-16-8-3-1-4-9-16)24-21(28)19(14-26)25-22(29)30-15-17-10-5-2-6-11-17/h1-6,8-11,18-19,26H,7,12-15H2,(H2,23,27)(H,24,28)(H,25,29)/t18-,19-/m0/s1. The molecule has 30 heavy (non-hydrogen) atoms. The van der Waals surface area contributed by atoms with E-state index in [9.17, 15) is 19.5 Å². The molecular formula is C22H27N3O5. The molecule has 8 nitrogen and oxygen atoms in total. The Morgan fingerprint density at radius 3 is 2.07 bits per heavy atom. The fourth-order valence-electron chi connectivity index (χ4n) is 2.81. The number of ether oxygens (including phenoxy) is 1. The molecule has 0 unspecified atom stereocenters. The molecule has 3 amide bonds. The van der Waals surface area contributed by atoms with Crippen molar-refractivity contribution in [2.45, 2.75) is 38.0 Å². The number of alkyl carbamates (subject to hydrolysis) is 1. The number of aliphatic hydroxyl groups is 1. The summed E-state index contributed by atoms with van der Waals surface area (Å²) in [5, 5.41) is 14.2. The number of nitrogens with two attached hydrogens (primary N) is 1. The summed E-state index contributed by atoms with van der Waals surface area (Å²) < 4.78 is 5.04. The largest absolute Gasteiger partial charge is 0.445 e. The van der Waals surface area contributed by atoms with Gasteiger partial charge < -0.3 is 26.2 Å². The van der Waals surface area contributed by atoms with E-state index in [0.717, 1.165) is 17.5 Å². The minimum absolute atomic E-state index is 0.0236. The van der Waals surface area contributed by atoms with Gasteiger partial charge in [0.15, 0.2) is 0 Å². The van der Waals surface area contributed by atoms with Gasteiger partial charge in [0.05, 0.1) is 6.61 Å². The molecule has 0 fully saturated rings. The Morgan fingerprint density at radius 2 is 1.50 bits per heavy atom. The molecule has 0 aliphatic rings.